The quantitative estimate of drug-likeness (QED) is 0.881. The Morgan fingerprint density at radius 3 is 2.67 bits per heavy atom. The number of nitrogens with zero attached hydrogens (tertiary/aromatic N) is 1. The SMILES string of the molecule is CCc1ccccc1N1CCC(NC)C(C)(C)C1. The number of piperidine rings is 1. The zero-order valence-electron chi connectivity index (χ0n) is 12.2. The van der Waals surface area contributed by atoms with Crippen LogP contribution in [0.15, 0.2) is 24.3 Å². The minimum Gasteiger partial charge on any atom is -0.371 e. The minimum absolute atomic E-state index is 0.327. The smallest absolute Gasteiger partial charge is 0.0398 e. The van der Waals surface area contributed by atoms with Gasteiger partial charge in [0.25, 0.3) is 0 Å². The predicted molar refractivity (Wildman–Crippen MR) is 79.3 cm³/mol. The number of nitrogens with one attached hydrogen (secondary N) is 1. The minimum atomic E-state index is 0.327. The highest BCUT2D eigenvalue weighted by Gasteiger charge is 2.35. The van der Waals surface area contributed by atoms with Crippen LogP contribution in [0.3, 0.4) is 0 Å². The summed E-state index contributed by atoms with van der Waals surface area (Å²) >= 11 is 0. The molecule has 0 amide bonds. The molecule has 1 N–H and O–H groups in total. The Hall–Kier alpha value is -1.02. The van der Waals surface area contributed by atoms with Gasteiger partial charge in [-0.25, -0.2) is 0 Å². The van der Waals surface area contributed by atoms with E-state index in [4.69, 9.17) is 0 Å². The Kier molecular flexibility index (Phi) is 3.96. The molecule has 1 heterocycles. The fraction of sp³-hybridized carbons (Fsp3) is 0.625. The molecular weight excluding hydrogens is 220 g/mol. The molecule has 1 aromatic carbocycles. The third-order valence-electron chi connectivity index (χ3n) is 4.29. The van der Waals surface area contributed by atoms with E-state index >= 15 is 0 Å². The van der Waals surface area contributed by atoms with Crippen molar-refractivity contribution in [2.45, 2.75) is 39.7 Å². The highest BCUT2D eigenvalue weighted by Crippen LogP contribution is 2.33. The predicted octanol–water partition coefficient (Wildman–Crippen LogP) is 3.07. The van der Waals surface area contributed by atoms with Crippen molar-refractivity contribution in [3.8, 4) is 0 Å². The summed E-state index contributed by atoms with van der Waals surface area (Å²) in [6, 6.07) is 9.46. The summed E-state index contributed by atoms with van der Waals surface area (Å²) in [6.07, 6.45) is 2.34. The highest BCUT2D eigenvalue weighted by molar-refractivity contribution is 5.54. The lowest BCUT2D eigenvalue weighted by atomic mass is 9.79. The Morgan fingerprint density at radius 1 is 1.33 bits per heavy atom. The largest absolute Gasteiger partial charge is 0.371 e. The summed E-state index contributed by atoms with van der Waals surface area (Å²) in [6.45, 7) is 9.27. The van der Waals surface area contributed by atoms with E-state index in [2.05, 4.69) is 62.3 Å². The van der Waals surface area contributed by atoms with Gasteiger partial charge in [-0.3, -0.25) is 0 Å². The van der Waals surface area contributed by atoms with Gasteiger partial charge in [0.2, 0.25) is 0 Å². The van der Waals surface area contributed by atoms with Gasteiger partial charge in [0.05, 0.1) is 0 Å². The molecule has 2 nitrogen and oxygen atoms in total. The number of hydrogen-bond acceptors (Lipinski definition) is 2. The van der Waals surface area contributed by atoms with E-state index in [9.17, 15) is 0 Å². The molecular formula is C16H26N2. The van der Waals surface area contributed by atoms with Gasteiger partial charge < -0.3 is 10.2 Å². The van der Waals surface area contributed by atoms with E-state index in [1.54, 1.807) is 0 Å². The van der Waals surface area contributed by atoms with Gasteiger partial charge in [-0.05, 0) is 36.9 Å². The van der Waals surface area contributed by atoms with Crippen LogP contribution in [0.25, 0.3) is 0 Å². The lowest BCUT2D eigenvalue weighted by Crippen LogP contribution is -2.53. The maximum atomic E-state index is 3.47. The Morgan fingerprint density at radius 2 is 2.06 bits per heavy atom. The summed E-state index contributed by atoms with van der Waals surface area (Å²) < 4.78 is 0. The van der Waals surface area contributed by atoms with Crippen LogP contribution in [-0.4, -0.2) is 26.2 Å². The van der Waals surface area contributed by atoms with Crippen molar-refractivity contribution in [2.75, 3.05) is 25.0 Å². The van der Waals surface area contributed by atoms with Crippen LogP contribution in [-0.2, 0) is 6.42 Å². The summed E-state index contributed by atoms with van der Waals surface area (Å²) in [5.74, 6) is 0. The first-order valence-corrected chi connectivity index (χ1v) is 7.08. The van der Waals surface area contributed by atoms with E-state index in [-0.39, 0.29) is 0 Å². The molecule has 0 radical (unpaired) electrons. The second-order valence-electron chi connectivity index (χ2n) is 6.02. The molecule has 0 aliphatic carbocycles. The summed E-state index contributed by atoms with van der Waals surface area (Å²) in [5, 5.41) is 3.47. The summed E-state index contributed by atoms with van der Waals surface area (Å²) in [4.78, 5) is 2.56. The van der Waals surface area contributed by atoms with Gasteiger partial charge in [-0.2, -0.15) is 0 Å². The van der Waals surface area contributed by atoms with Crippen LogP contribution in [0.4, 0.5) is 5.69 Å². The second kappa shape index (κ2) is 5.31. The van der Waals surface area contributed by atoms with Crippen LogP contribution in [0.5, 0.6) is 0 Å². The first-order valence-electron chi connectivity index (χ1n) is 7.08. The number of rotatable bonds is 3. The van der Waals surface area contributed by atoms with E-state index in [0.717, 1.165) is 19.5 Å². The first-order chi connectivity index (χ1) is 8.58. The molecule has 1 aliphatic rings. The molecule has 1 fully saturated rings. The van der Waals surface area contributed by atoms with Gasteiger partial charge >= 0.3 is 0 Å². The number of benzene rings is 1. The molecule has 100 valence electrons. The number of hydrogen-bond donors (Lipinski definition) is 1. The van der Waals surface area contributed by atoms with Crippen LogP contribution in [0, 0.1) is 5.41 Å². The molecule has 1 saturated heterocycles. The standard InChI is InChI=1S/C16H26N2/c1-5-13-8-6-7-9-14(13)18-11-10-15(17-4)16(2,3)12-18/h6-9,15,17H,5,10-12H2,1-4H3. The maximum absolute atomic E-state index is 3.47. The van der Waals surface area contributed by atoms with Crippen LogP contribution >= 0.6 is 0 Å². The highest BCUT2D eigenvalue weighted by atomic mass is 15.2. The normalized spacial score (nSPS) is 23.1. The summed E-state index contributed by atoms with van der Waals surface area (Å²) in [5.41, 5.74) is 3.23. The van der Waals surface area contributed by atoms with Crippen molar-refractivity contribution in [3.63, 3.8) is 0 Å². The maximum Gasteiger partial charge on any atom is 0.0398 e. The van der Waals surface area contributed by atoms with Crippen LogP contribution < -0.4 is 10.2 Å². The molecule has 1 aliphatic heterocycles. The fourth-order valence-corrected chi connectivity index (χ4v) is 3.22. The van der Waals surface area contributed by atoms with Gasteiger partial charge in [0.15, 0.2) is 0 Å². The molecule has 0 saturated carbocycles. The Labute approximate surface area is 111 Å². The number of anilines is 1. The zero-order valence-corrected chi connectivity index (χ0v) is 12.2. The average molecular weight is 246 g/mol. The molecule has 2 rings (SSSR count). The molecule has 1 aromatic rings. The van der Waals surface area contributed by atoms with Crippen molar-refractivity contribution in [2.24, 2.45) is 5.41 Å². The van der Waals surface area contributed by atoms with Gasteiger partial charge in [-0.1, -0.05) is 39.0 Å². The van der Waals surface area contributed by atoms with Crippen molar-refractivity contribution < 1.29 is 0 Å². The van der Waals surface area contributed by atoms with Gasteiger partial charge in [0.1, 0.15) is 0 Å². The Balaban J connectivity index is 2.21. The molecule has 0 spiro atoms. The van der Waals surface area contributed by atoms with E-state index in [0.29, 0.717) is 11.5 Å². The van der Waals surface area contributed by atoms with Gasteiger partial charge in [-0.15, -0.1) is 0 Å². The average Bonchev–Trinajstić information content (AvgIpc) is 2.37. The van der Waals surface area contributed by atoms with E-state index in [1.165, 1.54) is 17.7 Å². The third kappa shape index (κ3) is 2.54. The van der Waals surface area contributed by atoms with Gasteiger partial charge in [0, 0.05) is 24.8 Å². The van der Waals surface area contributed by atoms with Crippen molar-refractivity contribution in [1.29, 1.82) is 0 Å². The van der Waals surface area contributed by atoms with Crippen LogP contribution in [0.2, 0.25) is 0 Å². The van der Waals surface area contributed by atoms with Crippen molar-refractivity contribution >= 4 is 5.69 Å². The second-order valence-corrected chi connectivity index (χ2v) is 6.02. The monoisotopic (exact) mass is 246 g/mol. The van der Waals surface area contributed by atoms with Crippen LogP contribution in [0.1, 0.15) is 32.8 Å². The molecule has 1 atom stereocenters. The molecule has 0 bridgehead atoms. The fourth-order valence-electron chi connectivity index (χ4n) is 3.22. The van der Waals surface area contributed by atoms with E-state index in [1.807, 2.05) is 0 Å². The molecule has 18 heavy (non-hydrogen) atoms. The van der Waals surface area contributed by atoms with Crippen molar-refractivity contribution in [1.82, 2.24) is 5.32 Å². The first kappa shape index (κ1) is 13.4. The lowest BCUT2D eigenvalue weighted by molar-refractivity contribution is 0.215. The lowest BCUT2D eigenvalue weighted by Gasteiger charge is -2.45. The number of para-hydroxylation sites is 1. The zero-order chi connectivity index (χ0) is 13.2. The third-order valence-corrected chi connectivity index (χ3v) is 4.29. The molecule has 2 heteroatoms. The van der Waals surface area contributed by atoms with E-state index < -0.39 is 0 Å². The van der Waals surface area contributed by atoms with Crippen molar-refractivity contribution in [3.05, 3.63) is 29.8 Å². The summed E-state index contributed by atoms with van der Waals surface area (Å²) in [7, 11) is 2.09. The molecule has 1 unspecified atom stereocenters. The molecule has 0 aromatic heterocycles. The topological polar surface area (TPSA) is 15.3 Å². The number of aryl methyl sites for hydroxylation is 1. The Bertz CT molecular complexity index is 398.